The van der Waals surface area contributed by atoms with E-state index in [4.69, 9.17) is 4.74 Å². The van der Waals surface area contributed by atoms with Crippen LogP contribution in [0, 0.1) is 0 Å². The van der Waals surface area contributed by atoms with Crippen molar-refractivity contribution in [2.24, 2.45) is 0 Å². The van der Waals surface area contributed by atoms with Crippen molar-refractivity contribution in [3.05, 3.63) is 35.4 Å². The van der Waals surface area contributed by atoms with Gasteiger partial charge in [-0.05, 0) is 11.1 Å². The van der Waals surface area contributed by atoms with Crippen LogP contribution in [0.4, 0.5) is 0 Å². The average molecular weight is 256 g/mol. The minimum atomic E-state index is -0.325. The van der Waals surface area contributed by atoms with E-state index in [1.165, 1.54) is 12.7 Å². The lowest BCUT2D eigenvalue weighted by Gasteiger charge is -2.36. The number of carbonyl (C=O) groups is 1. The number of rotatable bonds is 1. The zero-order valence-electron chi connectivity index (χ0n) is 10.3. The van der Waals surface area contributed by atoms with Crippen molar-refractivity contribution in [1.82, 2.24) is 5.32 Å². The van der Waals surface area contributed by atoms with Gasteiger partial charge < -0.3 is 4.74 Å². The first-order valence-electron chi connectivity index (χ1n) is 5.47. The molecule has 4 heteroatoms. The third-order valence-corrected chi connectivity index (χ3v) is 3.19. The number of hydrogen-bond acceptors (Lipinski definition) is 3. The van der Waals surface area contributed by atoms with E-state index in [1.807, 2.05) is 18.2 Å². The highest BCUT2D eigenvalue weighted by Gasteiger charge is 2.35. The summed E-state index contributed by atoms with van der Waals surface area (Å²) in [6.45, 7) is 5.13. The second-order valence-electron chi connectivity index (χ2n) is 4.81. The maximum Gasteiger partial charge on any atom is 0.327 e. The van der Waals surface area contributed by atoms with Crippen LogP contribution in [0.5, 0.6) is 0 Å². The van der Waals surface area contributed by atoms with Gasteiger partial charge in [0, 0.05) is 12.0 Å². The van der Waals surface area contributed by atoms with Crippen molar-refractivity contribution >= 4 is 18.4 Å². The minimum absolute atomic E-state index is 0. The molecule has 1 aliphatic heterocycles. The van der Waals surface area contributed by atoms with Crippen LogP contribution >= 0.6 is 12.4 Å². The lowest BCUT2D eigenvalue weighted by molar-refractivity contribution is -0.143. The van der Waals surface area contributed by atoms with E-state index in [0.717, 1.165) is 12.1 Å². The Morgan fingerprint density at radius 3 is 2.71 bits per heavy atom. The summed E-state index contributed by atoms with van der Waals surface area (Å²) in [4.78, 5) is 11.7. The second kappa shape index (κ2) is 5.07. The van der Waals surface area contributed by atoms with Crippen molar-refractivity contribution in [1.29, 1.82) is 0 Å². The van der Waals surface area contributed by atoms with Gasteiger partial charge in [0.15, 0.2) is 0 Å². The first-order valence-corrected chi connectivity index (χ1v) is 5.47. The molecule has 0 fully saturated rings. The topological polar surface area (TPSA) is 38.3 Å². The van der Waals surface area contributed by atoms with Gasteiger partial charge >= 0.3 is 5.97 Å². The number of halogens is 1. The Bertz CT molecular complexity index is 418. The van der Waals surface area contributed by atoms with E-state index < -0.39 is 0 Å². The lowest BCUT2D eigenvalue weighted by atomic mass is 9.77. The molecule has 2 rings (SSSR count). The molecule has 0 bridgehead atoms. The normalized spacial score (nSPS) is 21.0. The number of hydrogen-bond donors (Lipinski definition) is 1. The van der Waals surface area contributed by atoms with Crippen LogP contribution in [-0.2, 0) is 14.9 Å². The molecule has 17 heavy (non-hydrogen) atoms. The quantitative estimate of drug-likeness (QED) is 0.782. The molecule has 1 atom stereocenters. The highest BCUT2D eigenvalue weighted by molar-refractivity contribution is 5.85. The van der Waals surface area contributed by atoms with Crippen LogP contribution in [0.1, 0.15) is 31.0 Å². The molecule has 1 aromatic rings. The van der Waals surface area contributed by atoms with Crippen LogP contribution in [0.3, 0.4) is 0 Å². The number of esters is 1. The molecular formula is C13H18ClNO2. The smallest absolute Gasteiger partial charge is 0.327 e. The van der Waals surface area contributed by atoms with Crippen molar-refractivity contribution in [2.75, 3.05) is 13.7 Å². The largest absolute Gasteiger partial charge is 0.468 e. The van der Waals surface area contributed by atoms with Crippen molar-refractivity contribution in [3.63, 3.8) is 0 Å². The molecule has 0 saturated heterocycles. The Morgan fingerprint density at radius 1 is 1.41 bits per heavy atom. The lowest BCUT2D eigenvalue weighted by Crippen LogP contribution is -2.44. The second-order valence-corrected chi connectivity index (χ2v) is 4.81. The predicted octanol–water partition coefficient (Wildman–Crippen LogP) is 2.20. The number of fused-ring (bicyclic) bond motifs is 1. The summed E-state index contributed by atoms with van der Waals surface area (Å²) in [5.74, 6) is -0.219. The molecule has 0 saturated carbocycles. The molecule has 0 aromatic heterocycles. The Labute approximate surface area is 108 Å². The monoisotopic (exact) mass is 255 g/mol. The van der Waals surface area contributed by atoms with Crippen LogP contribution < -0.4 is 5.32 Å². The van der Waals surface area contributed by atoms with E-state index in [0.29, 0.717) is 0 Å². The van der Waals surface area contributed by atoms with E-state index in [2.05, 4.69) is 25.2 Å². The zero-order valence-corrected chi connectivity index (χ0v) is 11.1. The fraction of sp³-hybridized carbons (Fsp3) is 0.462. The maximum absolute atomic E-state index is 11.7. The summed E-state index contributed by atoms with van der Waals surface area (Å²) >= 11 is 0. The van der Waals surface area contributed by atoms with Crippen LogP contribution in [0.25, 0.3) is 0 Å². The van der Waals surface area contributed by atoms with Gasteiger partial charge in [-0.25, -0.2) is 4.79 Å². The van der Waals surface area contributed by atoms with Gasteiger partial charge in [0.1, 0.15) is 6.04 Å². The summed E-state index contributed by atoms with van der Waals surface area (Å²) in [6, 6.07) is 7.73. The molecular weight excluding hydrogens is 238 g/mol. The Hall–Kier alpha value is -1.06. The van der Waals surface area contributed by atoms with Gasteiger partial charge in [-0.15, -0.1) is 12.4 Å². The van der Waals surface area contributed by atoms with Crippen molar-refractivity contribution < 1.29 is 9.53 Å². The molecule has 1 unspecified atom stereocenters. The van der Waals surface area contributed by atoms with Crippen molar-refractivity contribution in [3.8, 4) is 0 Å². The van der Waals surface area contributed by atoms with E-state index in [1.54, 1.807) is 0 Å². The molecule has 0 spiro atoms. The highest BCUT2D eigenvalue weighted by atomic mass is 35.5. The number of carbonyl (C=O) groups excluding carboxylic acids is 1. The van der Waals surface area contributed by atoms with Crippen molar-refractivity contribution in [2.45, 2.75) is 25.3 Å². The summed E-state index contributed by atoms with van der Waals surface area (Å²) in [5, 5.41) is 3.24. The number of nitrogens with one attached hydrogen (secondary N) is 1. The Balaban J connectivity index is 0.00000144. The van der Waals surface area contributed by atoms with Gasteiger partial charge in [0.25, 0.3) is 0 Å². The molecule has 1 N–H and O–H groups in total. The van der Waals surface area contributed by atoms with Crippen LogP contribution in [-0.4, -0.2) is 19.6 Å². The first-order chi connectivity index (χ1) is 7.56. The highest BCUT2D eigenvalue weighted by Crippen LogP contribution is 2.34. The Kier molecular flexibility index (Phi) is 4.17. The maximum atomic E-state index is 11.7. The van der Waals surface area contributed by atoms with Gasteiger partial charge in [-0.3, -0.25) is 5.32 Å². The van der Waals surface area contributed by atoms with Gasteiger partial charge in [-0.1, -0.05) is 38.1 Å². The Morgan fingerprint density at radius 2 is 2.06 bits per heavy atom. The SMILES string of the molecule is COC(=O)C1NCC(C)(C)c2ccccc21.Cl. The fourth-order valence-electron chi connectivity index (χ4n) is 2.26. The molecule has 1 aromatic carbocycles. The summed E-state index contributed by atoms with van der Waals surface area (Å²) in [6.07, 6.45) is 0. The van der Waals surface area contributed by atoms with Gasteiger partial charge in [-0.2, -0.15) is 0 Å². The molecule has 3 nitrogen and oxygen atoms in total. The fourth-order valence-corrected chi connectivity index (χ4v) is 2.26. The third kappa shape index (κ3) is 2.45. The molecule has 1 aliphatic rings. The van der Waals surface area contributed by atoms with Gasteiger partial charge in [0.05, 0.1) is 7.11 Å². The standard InChI is InChI=1S/C13H17NO2.ClH/c1-13(2)8-14-11(12(15)16-3)9-6-4-5-7-10(9)13;/h4-7,11,14H,8H2,1-3H3;1H. The zero-order chi connectivity index (χ0) is 11.8. The molecule has 1 heterocycles. The average Bonchev–Trinajstić information content (AvgIpc) is 2.28. The number of benzene rings is 1. The summed E-state index contributed by atoms with van der Waals surface area (Å²) < 4.78 is 4.81. The third-order valence-electron chi connectivity index (χ3n) is 3.19. The molecule has 0 aliphatic carbocycles. The van der Waals surface area contributed by atoms with Crippen LogP contribution in [0.15, 0.2) is 24.3 Å². The van der Waals surface area contributed by atoms with E-state index >= 15 is 0 Å². The van der Waals surface area contributed by atoms with E-state index in [9.17, 15) is 4.79 Å². The first kappa shape index (κ1) is 14.0. The number of ether oxygens (including phenoxy) is 1. The van der Waals surface area contributed by atoms with Crippen LogP contribution in [0.2, 0.25) is 0 Å². The summed E-state index contributed by atoms with van der Waals surface area (Å²) in [5.41, 5.74) is 2.32. The summed E-state index contributed by atoms with van der Waals surface area (Å²) in [7, 11) is 1.42. The molecule has 94 valence electrons. The predicted molar refractivity (Wildman–Crippen MR) is 69.5 cm³/mol. The minimum Gasteiger partial charge on any atom is -0.468 e. The number of methoxy groups -OCH3 is 1. The van der Waals surface area contributed by atoms with E-state index in [-0.39, 0.29) is 29.8 Å². The van der Waals surface area contributed by atoms with Gasteiger partial charge in [0.2, 0.25) is 0 Å². The molecule has 0 radical (unpaired) electrons. The molecule has 0 amide bonds.